The summed E-state index contributed by atoms with van der Waals surface area (Å²) in [6.07, 6.45) is 0.801. The van der Waals surface area contributed by atoms with Crippen LogP contribution in [-0.4, -0.2) is 9.78 Å². The van der Waals surface area contributed by atoms with Gasteiger partial charge in [0.1, 0.15) is 0 Å². The van der Waals surface area contributed by atoms with Crippen molar-refractivity contribution < 1.29 is 0 Å². The summed E-state index contributed by atoms with van der Waals surface area (Å²) in [7, 11) is 0. The maximum Gasteiger partial charge on any atom is 0.0738 e. The van der Waals surface area contributed by atoms with Crippen LogP contribution in [-0.2, 0) is 13.0 Å². The number of halogens is 1. The fourth-order valence-corrected chi connectivity index (χ4v) is 2.86. The van der Waals surface area contributed by atoms with Crippen LogP contribution in [0.1, 0.15) is 35.5 Å². The van der Waals surface area contributed by atoms with E-state index in [1.54, 1.807) is 0 Å². The second-order valence-corrected chi connectivity index (χ2v) is 5.79. The van der Waals surface area contributed by atoms with Gasteiger partial charge in [-0.05, 0) is 42.3 Å². The molecular formula is C15H21BrN4. The maximum atomic E-state index is 5.76. The molecule has 108 valence electrons. The molecule has 0 spiro atoms. The summed E-state index contributed by atoms with van der Waals surface area (Å²) in [5, 5.41) is 4.53. The molecule has 0 saturated heterocycles. The van der Waals surface area contributed by atoms with Crippen molar-refractivity contribution in [1.82, 2.24) is 15.2 Å². The first-order valence-corrected chi connectivity index (χ1v) is 7.60. The van der Waals surface area contributed by atoms with Gasteiger partial charge in [-0.15, -0.1) is 0 Å². The van der Waals surface area contributed by atoms with E-state index in [1.807, 2.05) is 11.6 Å². The van der Waals surface area contributed by atoms with Crippen molar-refractivity contribution in [2.45, 2.75) is 39.8 Å². The molecule has 0 fully saturated rings. The summed E-state index contributed by atoms with van der Waals surface area (Å²) < 4.78 is 3.10. The highest BCUT2D eigenvalue weighted by Crippen LogP contribution is 2.26. The van der Waals surface area contributed by atoms with Crippen molar-refractivity contribution in [2.24, 2.45) is 5.84 Å². The van der Waals surface area contributed by atoms with Gasteiger partial charge in [0.15, 0.2) is 0 Å². The van der Waals surface area contributed by atoms with E-state index in [1.165, 1.54) is 16.8 Å². The molecule has 1 heterocycles. The van der Waals surface area contributed by atoms with Crippen molar-refractivity contribution >= 4 is 15.9 Å². The van der Waals surface area contributed by atoms with Crippen LogP contribution in [0.15, 0.2) is 28.7 Å². The Morgan fingerprint density at radius 1 is 1.40 bits per heavy atom. The number of hydrogen-bond donors (Lipinski definition) is 2. The zero-order valence-corrected chi connectivity index (χ0v) is 13.7. The zero-order valence-electron chi connectivity index (χ0n) is 12.2. The second kappa shape index (κ2) is 6.52. The van der Waals surface area contributed by atoms with Crippen molar-refractivity contribution in [3.63, 3.8) is 0 Å². The smallest absolute Gasteiger partial charge is 0.0738 e. The number of benzene rings is 1. The van der Waals surface area contributed by atoms with E-state index < -0.39 is 0 Å². The molecule has 5 heteroatoms. The minimum Gasteiger partial charge on any atom is -0.271 e. The van der Waals surface area contributed by atoms with Gasteiger partial charge in [0.25, 0.3) is 0 Å². The molecule has 2 rings (SSSR count). The van der Waals surface area contributed by atoms with Crippen LogP contribution >= 0.6 is 15.9 Å². The Morgan fingerprint density at radius 2 is 2.15 bits per heavy atom. The van der Waals surface area contributed by atoms with E-state index in [9.17, 15) is 0 Å². The van der Waals surface area contributed by atoms with Crippen molar-refractivity contribution in [1.29, 1.82) is 0 Å². The molecule has 1 unspecified atom stereocenters. The number of rotatable bonds is 5. The Balaban J connectivity index is 2.31. The average molecular weight is 337 g/mol. The fraction of sp³-hybridized carbons (Fsp3) is 0.400. The Labute approximate surface area is 128 Å². The summed E-state index contributed by atoms with van der Waals surface area (Å²) >= 11 is 3.63. The molecule has 0 radical (unpaired) electrons. The molecule has 0 saturated carbocycles. The Kier molecular flexibility index (Phi) is 4.96. The third-order valence-corrected chi connectivity index (χ3v) is 4.53. The third kappa shape index (κ3) is 3.11. The molecule has 20 heavy (non-hydrogen) atoms. The molecule has 0 bridgehead atoms. The van der Waals surface area contributed by atoms with E-state index >= 15 is 0 Å². The second-order valence-electron chi connectivity index (χ2n) is 5.00. The first kappa shape index (κ1) is 15.2. The molecule has 2 aromatic rings. The van der Waals surface area contributed by atoms with E-state index in [-0.39, 0.29) is 6.04 Å². The van der Waals surface area contributed by atoms with Crippen LogP contribution in [0.4, 0.5) is 0 Å². The third-order valence-electron chi connectivity index (χ3n) is 3.50. The van der Waals surface area contributed by atoms with Gasteiger partial charge in [0.2, 0.25) is 0 Å². The molecule has 1 aromatic carbocycles. The molecule has 0 aliphatic rings. The van der Waals surface area contributed by atoms with Gasteiger partial charge in [-0.25, -0.2) is 0 Å². The standard InChI is InChI=1S/C15H21BrN4/c1-4-20-14(15(16)11(3)19-20)9-13(18-17)12-7-5-6-10(2)8-12/h5-8,13,18H,4,9,17H2,1-3H3. The molecule has 1 atom stereocenters. The predicted octanol–water partition coefficient (Wildman–Crippen LogP) is 3.03. The highest BCUT2D eigenvalue weighted by atomic mass is 79.9. The van der Waals surface area contributed by atoms with E-state index in [0.717, 1.165) is 23.1 Å². The van der Waals surface area contributed by atoms with Gasteiger partial charge in [-0.3, -0.25) is 16.0 Å². The first-order valence-electron chi connectivity index (χ1n) is 6.81. The number of nitrogens with one attached hydrogen (secondary N) is 1. The summed E-state index contributed by atoms with van der Waals surface area (Å²) in [5.74, 6) is 5.76. The summed E-state index contributed by atoms with van der Waals surface area (Å²) in [6, 6.07) is 8.50. The van der Waals surface area contributed by atoms with Crippen LogP contribution in [0, 0.1) is 13.8 Å². The van der Waals surface area contributed by atoms with Crippen LogP contribution in [0.2, 0.25) is 0 Å². The molecule has 0 aliphatic heterocycles. The van der Waals surface area contributed by atoms with Gasteiger partial charge >= 0.3 is 0 Å². The Hall–Kier alpha value is -1.17. The van der Waals surface area contributed by atoms with Crippen molar-refractivity contribution in [3.8, 4) is 0 Å². The van der Waals surface area contributed by atoms with Gasteiger partial charge in [0, 0.05) is 13.0 Å². The molecule has 3 N–H and O–H groups in total. The first-order chi connectivity index (χ1) is 9.56. The number of nitrogens with zero attached hydrogens (tertiary/aromatic N) is 2. The lowest BCUT2D eigenvalue weighted by molar-refractivity contribution is 0.516. The average Bonchev–Trinajstić information content (AvgIpc) is 2.71. The zero-order chi connectivity index (χ0) is 14.7. The lowest BCUT2D eigenvalue weighted by Crippen LogP contribution is -2.30. The minimum atomic E-state index is 0.0765. The number of aromatic nitrogens is 2. The van der Waals surface area contributed by atoms with Gasteiger partial charge in [-0.2, -0.15) is 5.10 Å². The SMILES string of the molecule is CCn1nc(C)c(Br)c1CC(NN)c1cccc(C)c1. The number of aryl methyl sites for hydroxylation is 3. The predicted molar refractivity (Wildman–Crippen MR) is 85.3 cm³/mol. The van der Waals surface area contributed by atoms with E-state index in [4.69, 9.17) is 5.84 Å². The minimum absolute atomic E-state index is 0.0765. The van der Waals surface area contributed by atoms with Crippen LogP contribution in [0.3, 0.4) is 0 Å². The molecule has 1 aromatic heterocycles. The number of hydrazine groups is 1. The summed E-state index contributed by atoms with van der Waals surface area (Å²) in [5.41, 5.74) is 7.54. The number of hydrogen-bond acceptors (Lipinski definition) is 3. The Morgan fingerprint density at radius 3 is 2.75 bits per heavy atom. The van der Waals surface area contributed by atoms with Crippen LogP contribution in [0.5, 0.6) is 0 Å². The van der Waals surface area contributed by atoms with E-state index in [0.29, 0.717) is 0 Å². The van der Waals surface area contributed by atoms with Gasteiger partial charge < -0.3 is 0 Å². The largest absolute Gasteiger partial charge is 0.271 e. The molecular weight excluding hydrogens is 316 g/mol. The van der Waals surface area contributed by atoms with Gasteiger partial charge in [-0.1, -0.05) is 29.8 Å². The summed E-state index contributed by atoms with van der Waals surface area (Å²) in [6.45, 7) is 7.05. The molecule has 4 nitrogen and oxygen atoms in total. The van der Waals surface area contributed by atoms with E-state index in [2.05, 4.69) is 64.6 Å². The van der Waals surface area contributed by atoms with Crippen LogP contribution in [0.25, 0.3) is 0 Å². The normalized spacial score (nSPS) is 12.7. The number of nitrogens with two attached hydrogens (primary N) is 1. The summed E-state index contributed by atoms with van der Waals surface area (Å²) in [4.78, 5) is 0. The topological polar surface area (TPSA) is 55.9 Å². The van der Waals surface area contributed by atoms with Gasteiger partial charge in [0.05, 0.1) is 21.9 Å². The quantitative estimate of drug-likeness (QED) is 0.651. The fourth-order valence-electron chi connectivity index (χ4n) is 2.42. The van der Waals surface area contributed by atoms with Crippen LogP contribution < -0.4 is 11.3 Å². The molecule has 0 aliphatic carbocycles. The molecule has 0 amide bonds. The highest BCUT2D eigenvalue weighted by molar-refractivity contribution is 9.10. The highest BCUT2D eigenvalue weighted by Gasteiger charge is 2.18. The lowest BCUT2D eigenvalue weighted by Gasteiger charge is -2.18. The van der Waals surface area contributed by atoms with Crippen molar-refractivity contribution in [2.75, 3.05) is 0 Å². The van der Waals surface area contributed by atoms with Crippen molar-refractivity contribution in [3.05, 3.63) is 51.3 Å². The monoisotopic (exact) mass is 336 g/mol. The Bertz CT molecular complexity index is 592. The lowest BCUT2D eigenvalue weighted by atomic mass is 10.0. The maximum absolute atomic E-state index is 5.76.